The van der Waals surface area contributed by atoms with Gasteiger partial charge in [0, 0.05) is 0 Å². The third-order valence-electron chi connectivity index (χ3n) is 1.10. The van der Waals surface area contributed by atoms with E-state index in [-0.39, 0.29) is 0 Å². The average molecular weight is 157 g/mol. The van der Waals surface area contributed by atoms with Gasteiger partial charge in [0.15, 0.2) is 0 Å². The summed E-state index contributed by atoms with van der Waals surface area (Å²) in [4.78, 5) is 2.92. The summed E-state index contributed by atoms with van der Waals surface area (Å²) in [7, 11) is 0. The number of rotatable bonds is 0. The van der Waals surface area contributed by atoms with E-state index in [1.165, 1.54) is 0 Å². The Morgan fingerprint density at radius 3 is 2.67 bits per heavy atom. The highest BCUT2D eigenvalue weighted by molar-refractivity contribution is 7.80. The lowest BCUT2D eigenvalue weighted by Crippen LogP contribution is -1.80. The summed E-state index contributed by atoms with van der Waals surface area (Å²) >= 11 is 9.00. The monoisotopic (exact) mass is 157 g/mol. The highest BCUT2D eigenvalue weighted by atomic mass is 32.1. The van der Waals surface area contributed by atoms with Crippen molar-refractivity contribution in [2.75, 3.05) is 0 Å². The van der Waals surface area contributed by atoms with Crippen molar-refractivity contribution in [1.29, 1.82) is 0 Å². The van der Waals surface area contributed by atoms with Gasteiger partial charge in [-0.25, -0.2) is 0 Å². The van der Waals surface area contributed by atoms with Gasteiger partial charge in [0.1, 0.15) is 4.64 Å². The quantitative estimate of drug-likeness (QED) is 0.436. The largest absolute Gasteiger partial charge is 0.341 e. The molecule has 1 rings (SSSR count). The van der Waals surface area contributed by atoms with E-state index in [2.05, 4.69) is 17.6 Å². The number of nitrogens with one attached hydrogen (secondary N) is 1. The fourth-order valence-electron chi connectivity index (χ4n) is 0.537. The van der Waals surface area contributed by atoms with Gasteiger partial charge in [0.2, 0.25) is 0 Å². The molecule has 1 heterocycles. The van der Waals surface area contributed by atoms with Crippen molar-refractivity contribution >= 4 is 24.8 Å². The van der Waals surface area contributed by atoms with Gasteiger partial charge in [-0.05, 0) is 18.6 Å². The molecule has 0 atom stereocenters. The molecular weight excluding hydrogens is 150 g/mol. The molecule has 1 aromatic rings. The Balaban J connectivity index is 3.34. The molecule has 1 N–H and O–H groups in total. The van der Waals surface area contributed by atoms with Gasteiger partial charge in [0.05, 0.1) is 5.03 Å². The second kappa shape index (κ2) is 2.54. The lowest BCUT2D eigenvalue weighted by molar-refractivity contribution is 1.07. The third kappa shape index (κ3) is 1.56. The first kappa shape index (κ1) is 6.83. The zero-order valence-corrected chi connectivity index (χ0v) is 6.72. The molecule has 0 aliphatic rings. The summed E-state index contributed by atoms with van der Waals surface area (Å²) in [6.45, 7) is 1.98. The van der Waals surface area contributed by atoms with Crippen LogP contribution in [0.2, 0.25) is 0 Å². The molecule has 0 aromatic carbocycles. The van der Waals surface area contributed by atoms with E-state index in [1.54, 1.807) is 0 Å². The van der Waals surface area contributed by atoms with Gasteiger partial charge >= 0.3 is 0 Å². The van der Waals surface area contributed by atoms with Crippen molar-refractivity contribution in [3.05, 3.63) is 22.3 Å². The highest BCUT2D eigenvalue weighted by Crippen LogP contribution is 2.07. The van der Waals surface area contributed by atoms with Gasteiger partial charge in [0.25, 0.3) is 0 Å². The van der Waals surface area contributed by atoms with Gasteiger partial charge in [-0.1, -0.05) is 18.3 Å². The molecule has 1 nitrogen and oxygen atoms in total. The summed E-state index contributed by atoms with van der Waals surface area (Å²) in [5, 5.41) is 0.850. The Labute approximate surface area is 64.5 Å². The molecule has 0 aliphatic heterocycles. The van der Waals surface area contributed by atoms with Crippen molar-refractivity contribution in [1.82, 2.24) is 4.98 Å². The van der Waals surface area contributed by atoms with Crippen molar-refractivity contribution in [2.24, 2.45) is 0 Å². The smallest absolute Gasteiger partial charge is 0.104 e. The zero-order valence-electron chi connectivity index (χ0n) is 5.01. The van der Waals surface area contributed by atoms with Crippen LogP contribution in [0, 0.1) is 11.6 Å². The number of hydrogen-bond acceptors (Lipinski definition) is 2. The number of pyridine rings is 1. The number of aromatic amines is 1. The minimum absolute atomic E-state index is 0.727. The minimum Gasteiger partial charge on any atom is -0.341 e. The molecule has 3 heteroatoms. The van der Waals surface area contributed by atoms with Crippen molar-refractivity contribution in [3.63, 3.8) is 0 Å². The third-order valence-corrected chi connectivity index (χ3v) is 1.80. The predicted molar refractivity (Wildman–Crippen MR) is 43.6 cm³/mol. The molecule has 0 saturated heterocycles. The summed E-state index contributed by atoms with van der Waals surface area (Å²) in [5.41, 5.74) is 1.12. The first-order valence-corrected chi connectivity index (χ1v) is 3.44. The molecule has 0 saturated carbocycles. The van der Waals surface area contributed by atoms with E-state index < -0.39 is 0 Å². The van der Waals surface area contributed by atoms with Crippen LogP contribution in [0.3, 0.4) is 0 Å². The van der Waals surface area contributed by atoms with Crippen LogP contribution in [0.25, 0.3) is 0 Å². The molecule has 0 aliphatic carbocycles. The fourth-order valence-corrected chi connectivity index (χ4v) is 0.977. The number of aromatic nitrogens is 1. The number of thiol groups is 1. The van der Waals surface area contributed by atoms with E-state index in [9.17, 15) is 0 Å². The minimum atomic E-state index is 0.727. The van der Waals surface area contributed by atoms with Crippen molar-refractivity contribution < 1.29 is 0 Å². The standard InChI is InChI=1S/C6H7NS2/c1-4-2-3-5(8)7-6(4)9/h2-3H,1H3,(H2,7,8,9). The second-order valence-electron chi connectivity index (χ2n) is 1.85. The molecule has 0 radical (unpaired) electrons. The van der Waals surface area contributed by atoms with E-state index in [1.807, 2.05) is 19.1 Å². The zero-order chi connectivity index (χ0) is 6.85. The number of H-pyrrole nitrogens is 1. The molecule has 0 unspecified atom stereocenters. The molecular formula is C6H7NS2. The summed E-state index contributed by atoms with van der Waals surface area (Å²) < 4.78 is 0.727. The van der Waals surface area contributed by atoms with Gasteiger partial charge in [-0.2, -0.15) is 0 Å². The lowest BCUT2D eigenvalue weighted by Gasteiger charge is -1.94. The first-order chi connectivity index (χ1) is 4.20. The molecule has 1 aromatic heterocycles. The Morgan fingerprint density at radius 2 is 2.22 bits per heavy atom. The predicted octanol–water partition coefficient (Wildman–Crippen LogP) is 2.34. The van der Waals surface area contributed by atoms with Crippen LogP contribution >= 0.6 is 24.8 Å². The number of hydrogen-bond donors (Lipinski definition) is 2. The molecule has 0 bridgehead atoms. The average Bonchev–Trinajstić information content (AvgIpc) is 1.80. The van der Waals surface area contributed by atoms with Crippen LogP contribution in [0.4, 0.5) is 0 Å². The Hall–Kier alpha value is -0.280. The Morgan fingerprint density at radius 1 is 1.56 bits per heavy atom. The van der Waals surface area contributed by atoms with Crippen LogP contribution in [-0.4, -0.2) is 4.98 Å². The fraction of sp³-hybridized carbons (Fsp3) is 0.167. The van der Waals surface area contributed by atoms with Crippen molar-refractivity contribution in [3.8, 4) is 0 Å². The molecule has 0 amide bonds. The van der Waals surface area contributed by atoms with E-state index >= 15 is 0 Å². The molecule has 0 fully saturated rings. The first-order valence-electron chi connectivity index (χ1n) is 2.59. The summed E-state index contributed by atoms with van der Waals surface area (Å²) in [6, 6.07) is 3.80. The summed E-state index contributed by atoms with van der Waals surface area (Å²) in [6.07, 6.45) is 0. The molecule has 0 spiro atoms. The molecule has 9 heavy (non-hydrogen) atoms. The Bertz CT molecular complexity index is 264. The summed E-state index contributed by atoms with van der Waals surface area (Å²) in [5.74, 6) is 0. The van der Waals surface area contributed by atoms with Crippen LogP contribution in [0.1, 0.15) is 5.56 Å². The van der Waals surface area contributed by atoms with Gasteiger partial charge in [-0.3, -0.25) is 0 Å². The topological polar surface area (TPSA) is 15.8 Å². The Kier molecular flexibility index (Phi) is 1.93. The van der Waals surface area contributed by atoms with E-state index in [0.717, 1.165) is 15.2 Å². The maximum absolute atomic E-state index is 4.85. The number of aryl methyl sites for hydroxylation is 1. The van der Waals surface area contributed by atoms with E-state index in [4.69, 9.17) is 12.2 Å². The van der Waals surface area contributed by atoms with Gasteiger partial charge < -0.3 is 4.98 Å². The normalized spacial score (nSPS) is 9.56. The van der Waals surface area contributed by atoms with Crippen LogP contribution in [0.5, 0.6) is 0 Å². The van der Waals surface area contributed by atoms with E-state index in [0.29, 0.717) is 0 Å². The van der Waals surface area contributed by atoms with Crippen LogP contribution in [0.15, 0.2) is 17.2 Å². The van der Waals surface area contributed by atoms with Crippen LogP contribution < -0.4 is 0 Å². The molecule has 48 valence electrons. The van der Waals surface area contributed by atoms with Gasteiger partial charge in [-0.15, -0.1) is 12.6 Å². The SMILES string of the molecule is Cc1ccc(=S)[nH]c1S. The maximum Gasteiger partial charge on any atom is 0.104 e. The maximum atomic E-state index is 4.85. The van der Waals surface area contributed by atoms with Crippen LogP contribution in [-0.2, 0) is 0 Å². The van der Waals surface area contributed by atoms with Crippen molar-refractivity contribution in [2.45, 2.75) is 11.9 Å². The lowest BCUT2D eigenvalue weighted by atomic mass is 10.3. The highest BCUT2D eigenvalue weighted by Gasteiger charge is 1.87. The second-order valence-corrected chi connectivity index (χ2v) is 2.74.